The van der Waals surface area contributed by atoms with Gasteiger partial charge in [-0.25, -0.2) is 4.57 Å². The van der Waals surface area contributed by atoms with Gasteiger partial charge in [-0.1, -0.05) is 145 Å². The first-order valence-corrected chi connectivity index (χ1v) is 21.2. The Kier molecular flexibility index (Phi) is 35.3. The van der Waals surface area contributed by atoms with Crippen LogP contribution < -0.4 is 0 Å². The molecule has 1 unspecified atom stereocenters. The van der Waals surface area contributed by atoms with Crippen molar-refractivity contribution in [3.8, 4) is 0 Å². The Bertz CT molecular complexity index is 1050. The summed E-state index contributed by atoms with van der Waals surface area (Å²) in [5, 5.41) is 18.3. The maximum Gasteiger partial charge on any atom is 0.472 e. The zero-order valence-corrected chi connectivity index (χ0v) is 33.1. The van der Waals surface area contributed by atoms with Crippen LogP contribution >= 0.6 is 7.82 Å². The normalized spacial score (nSPS) is 14.6. The van der Waals surface area contributed by atoms with E-state index < -0.39 is 51.8 Å². The van der Waals surface area contributed by atoms with Crippen molar-refractivity contribution in [1.82, 2.24) is 0 Å². The molecule has 0 radical (unpaired) electrons. The van der Waals surface area contributed by atoms with Crippen molar-refractivity contribution in [3.63, 3.8) is 0 Å². The van der Waals surface area contributed by atoms with E-state index in [1.54, 1.807) is 0 Å². The number of phosphoric ester groups is 1. The molecular weight excluding hydrogens is 683 g/mol. The predicted octanol–water partition coefficient (Wildman–Crippen LogP) is 9.94. The predicted molar refractivity (Wildman–Crippen MR) is 210 cm³/mol. The summed E-state index contributed by atoms with van der Waals surface area (Å²) in [5.41, 5.74) is 0. The van der Waals surface area contributed by atoms with E-state index in [9.17, 15) is 24.2 Å². The fourth-order valence-corrected chi connectivity index (χ4v) is 5.70. The van der Waals surface area contributed by atoms with Crippen molar-refractivity contribution < 1.29 is 47.8 Å². The summed E-state index contributed by atoms with van der Waals surface area (Å²) in [7, 11) is -4.62. The molecule has 0 saturated heterocycles. The molecule has 0 aromatic heterocycles. The quantitative estimate of drug-likeness (QED) is 0.0244. The highest BCUT2D eigenvalue weighted by Gasteiger charge is 2.27. The summed E-state index contributed by atoms with van der Waals surface area (Å²) in [5.74, 6) is -0.997. The molecule has 0 aliphatic rings. The number of rotatable bonds is 36. The highest BCUT2D eigenvalue weighted by molar-refractivity contribution is 7.47. The van der Waals surface area contributed by atoms with Crippen LogP contribution in [0.25, 0.3) is 0 Å². The molecule has 0 heterocycles. The number of carbonyl (C=O) groups is 2. The van der Waals surface area contributed by atoms with Crippen molar-refractivity contribution in [2.24, 2.45) is 0 Å². The molecule has 3 atom stereocenters. The molecular formula is C41H71O10P. The maximum absolute atomic E-state index is 12.5. The van der Waals surface area contributed by atoms with Crippen LogP contribution in [0.2, 0.25) is 0 Å². The number of carbonyl (C=O) groups excluding carboxylic acids is 2. The lowest BCUT2D eigenvalue weighted by atomic mass is 10.0. The van der Waals surface area contributed by atoms with Crippen molar-refractivity contribution >= 4 is 19.8 Å². The minimum atomic E-state index is -4.62. The zero-order valence-electron chi connectivity index (χ0n) is 32.3. The molecule has 0 saturated carbocycles. The van der Waals surface area contributed by atoms with Crippen LogP contribution in [-0.2, 0) is 32.7 Å². The lowest BCUT2D eigenvalue weighted by Gasteiger charge is -2.20. The Morgan fingerprint density at radius 1 is 0.596 bits per heavy atom. The van der Waals surface area contributed by atoms with Gasteiger partial charge in [0.25, 0.3) is 0 Å². The van der Waals surface area contributed by atoms with Gasteiger partial charge in [0.05, 0.1) is 19.8 Å². The number of allylic oxidation sites excluding steroid dienone is 10. The van der Waals surface area contributed by atoms with Gasteiger partial charge in [0.1, 0.15) is 12.7 Å². The number of aliphatic hydroxyl groups is 2. The second-order valence-electron chi connectivity index (χ2n) is 12.9. The molecule has 0 rings (SSSR count). The van der Waals surface area contributed by atoms with Crippen LogP contribution in [0.4, 0.5) is 0 Å². The van der Waals surface area contributed by atoms with E-state index in [4.69, 9.17) is 19.1 Å². The van der Waals surface area contributed by atoms with Gasteiger partial charge in [-0.15, -0.1) is 0 Å². The lowest BCUT2D eigenvalue weighted by Crippen LogP contribution is -2.29. The van der Waals surface area contributed by atoms with Crippen molar-refractivity contribution in [2.45, 2.75) is 161 Å². The first-order chi connectivity index (χ1) is 25.2. The first kappa shape index (κ1) is 49.7. The number of hydrogen-bond acceptors (Lipinski definition) is 9. The van der Waals surface area contributed by atoms with Crippen molar-refractivity contribution in [1.29, 1.82) is 0 Å². The number of unbranched alkanes of at least 4 members (excludes halogenated alkanes) is 12. The number of hydrogen-bond donors (Lipinski definition) is 3. The van der Waals surface area contributed by atoms with Gasteiger partial charge < -0.3 is 24.6 Å². The van der Waals surface area contributed by atoms with Crippen LogP contribution in [0.1, 0.15) is 149 Å². The summed E-state index contributed by atoms with van der Waals surface area (Å²) in [4.78, 5) is 34.8. The Labute approximate surface area is 315 Å². The van der Waals surface area contributed by atoms with E-state index in [2.05, 4.69) is 73.1 Å². The lowest BCUT2D eigenvalue weighted by molar-refractivity contribution is -0.161. The highest BCUT2D eigenvalue weighted by Crippen LogP contribution is 2.43. The molecule has 0 aromatic carbocycles. The van der Waals surface area contributed by atoms with Crippen LogP contribution in [0.3, 0.4) is 0 Å². The van der Waals surface area contributed by atoms with E-state index in [1.807, 2.05) is 6.08 Å². The van der Waals surface area contributed by atoms with Crippen LogP contribution in [-0.4, -0.2) is 65.7 Å². The molecule has 0 aliphatic carbocycles. The van der Waals surface area contributed by atoms with Crippen LogP contribution in [0.15, 0.2) is 60.8 Å². The number of ether oxygens (including phenoxy) is 2. The third kappa shape index (κ3) is 36.0. The molecule has 0 fully saturated rings. The van der Waals surface area contributed by atoms with Gasteiger partial charge >= 0.3 is 19.8 Å². The molecule has 0 bridgehead atoms. The van der Waals surface area contributed by atoms with Crippen LogP contribution in [0, 0.1) is 0 Å². The van der Waals surface area contributed by atoms with E-state index >= 15 is 0 Å². The summed E-state index contributed by atoms with van der Waals surface area (Å²) < 4.78 is 32.5. The average molecular weight is 755 g/mol. The second kappa shape index (κ2) is 37.0. The molecule has 3 N–H and O–H groups in total. The molecule has 300 valence electrons. The van der Waals surface area contributed by atoms with E-state index in [0.29, 0.717) is 19.3 Å². The topological polar surface area (TPSA) is 149 Å². The van der Waals surface area contributed by atoms with Gasteiger partial charge in [0, 0.05) is 12.8 Å². The van der Waals surface area contributed by atoms with Gasteiger partial charge in [-0.2, -0.15) is 0 Å². The maximum atomic E-state index is 12.5. The minimum Gasteiger partial charge on any atom is -0.462 e. The molecule has 0 spiro atoms. The second-order valence-corrected chi connectivity index (χ2v) is 14.4. The Morgan fingerprint density at radius 2 is 1.06 bits per heavy atom. The molecule has 0 amide bonds. The fraction of sp³-hybridized carbons (Fsp3) is 0.707. The number of aliphatic hydroxyl groups excluding tert-OH is 2. The third-order valence-corrected chi connectivity index (χ3v) is 8.89. The van der Waals surface area contributed by atoms with E-state index in [0.717, 1.165) is 51.4 Å². The smallest absolute Gasteiger partial charge is 0.462 e. The van der Waals surface area contributed by atoms with E-state index in [-0.39, 0.29) is 19.4 Å². The molecule has 0 aromatic rings. The molecule has 11 heteroatoms. The third-order valence-electron chi connectivity index (χ3n) is 7.94. The van der Waals surface area contributed by atoms with Crippen molar-refractivity contribution in [3.05, 3.63) is 60.8 Å². The van der Waals surface area contributed by atoms with Gasteiger partial charge in [0.15, 0.2) is 6.10 Å². The first-order valence-electron chi connectivity index (χ1n) is 19.7. The summed E-state index contributed by atoms with van der Waals surface area (Å²) >= 11 is 0. The molecule has 10 nitrogen and oxygen atoms in total. The van der Waals surface area contributed by atoms with Gasteiger partial charge in [0.2, 0.25) is 0 Å². The average Bonchev–Trinajstić information content (AvgIpc) is 3.13. The van der Waals surface area contributed by atoms with Gasteiger partial charge in [-0.3, -0.25) is 18.6 Å². The molecule has 0 aliphatic heterocycles. The standard InChI is InChI=1S/C41H71O10P/c1-3-5-7-9-11-13-15-17-18-19-20-21-23-24-26-28-30-32-40(44)48-36-39(37-50-52(46,47)49-35-38(43)34-42)51-41(45)33-31-29-27-25-22-16-14-12-10-8-6-4-2/h5,7,11,13,17-18,20-21,24,26,38-39,42-43H,3-4,6,8-10,12,14-16,19,22-23,25,27-37H2,1-2H3,(H,46,47)/b7-5+,13-11+,18-17+,21-20+,26-24+/t38-,39+/m1/s1. The fourth-order valence-electron chi connectivity index (χ4n) is 4.91. The molecule has 52 heavy (non-hydrogen) atoms. The minimum absolute atomic E-state index is 0.162. The van der Waals surface area contributed by atoms with E-state index in [1.165, 1.54) is 51.4 Å². The summed E-state index contributed by atoms with van der Waals surface area (Å²) in [6.45, 7) is 2.18. The Balaban J connectivity index is 4.45. The largest absolute Gasteiger partial charge is 0.472 e. The highest BCUT2D eigenvalue weighted by atomic mass is 31.2. The van der Waals surface area contributed by atoms with Gasteiger partial charge in [-0.05, 0) is 51.4 Å². The SMILES string of the molecule is CC/C=C/C/C=C/C/C=C/C/C=C/C/C=C/CCCC(=O)OC[C@@H](COP(=O)(O)OC[C@H](O)CO)OC(=O)CCCCCCCCCCCCCC. The Hall–Kier alpha value is -2.33. The number of phosphoric acid groups is 1. The Morgan fingerprint density at radius 3 is 1.58 bits per heavy atom. The number of esters is 2. The monoisotopic (exact) mass is 754 g/mol. The van der Waals surface area contributed by atoms with Crippen LogP contribution in [0.5, 0.6) is 0 Å². The summed E-state index contributed by atoms with van der Waals surface area (Å²) in [6, 6.07) is 0. The summed E-state index contributed by atoms with van der Waals surface area (Å²) in [6.07, 6.45) is 39.1. The van der Waals surface area contributed by atoms with Crippen molar-refractivity contribution in [2.75, 3.05) is 26.4 Å². The zero-order chi connectivity index (χ0) is 38.4.